The van der Waals surface area contributed by atoms with Crippen molar-refractivity contribution < 1.29 is 0 Å². The van der Waals surface area contributed by atoms with Crippen molar-refractivity contribution in [2.45, 2.75) is 5.41 Å². The summed E-state index contributed by atoms with van der Waals surface area (Å²) in [4.78, 5) is 0. The zero-order chi connectivity index (χ0) is 20.7. The highest BCUT2D eigenvalue weighted by Gasteiger charge is 2.45. The van der Waals surface area contributed by atoms with Gasteiger partial charge in [-0.15, -0.1) is 0 Å². The first-order valence-electron chi connectivity index (χ1n) is 10.7. The minimum Gasteiger partial charge on any atom is -0.0622 e. The van der Waals surface area contributed by atoms with Crippen LogP contribution < -0.4 is 0 Å². The van der Waals surface area contributed by atoms with Crippen molar-refractivity contribution in [3.05, 3.63) is 156 Å². The molecule has 5 aromatic rings. The van der Waals surface area contributed by atoms with Gasteiger partial charge in [0.2, 0.25) is 0 Å². The van der Waals surface area contributed by atoms with E-state index in [2.05, 4.69) is 127 Å². The molecule has 0 atom stereocenters. The van der Waals surface area contributed by atoms with Crippen molar-refractivity contribution in [1.29, 1.82) is 0 Å². The zero-order valence-corrected chi connectivity index (χ0v) is 17.1. The summed E-state index contributed by atoms with van der Waals surface area (Å²) in [5.41, 5.74) is 9.91. The van der Waals surface area contributed by atoms with Crippen molar-refractivity contribution >= 4 is 0 Å². The van der Waals surface area contributed by atoms with Gasteiger partial charge in [0.25, 0.3) is 0 Å². The summed E-state index contributed by atoms with van der Waals surface area (Å²) >= 11 is 0. The Balaban J connectivity index is 1.74. The van der Waals surface area contributed by atoms with E-state index in [1.807, 2.05) is 6.07 Å². The molecule has 0 saturated heterocycles. The second-order valence-electron chi connectivity index (χ2n) is 8.08. The summed E-state index contributed by atoms with van der Waals surface area (Å²) < 4.78 is 0. The lowest BCUT2D eigenvalue weighted by atomic mass is 9.67. The summed E-state index contributed by atoms with van der Waals surface area (Å²) in [5.74, 6) is 0. The molecule has 6 rings (SSSR count). The lowest BCUT2D eigenvalue weighted by Crippen LogP contribution is -2.28. The third-order valence-corrected chi connectivity index (χ3v) is 6.50. The summed E-state index contributed by atoms with van der Waals surface area (Å²) in [6, 6.07) is 49.2. The molecule has 0 saturated carbocycles. The highest BCUT2D eigenvalue weighted by molar-refractivity contribution is 5.88. The van der Waals surface area contributed by atoms with Crippen LogP contribution in [0.5, 0.6) is 0 Å². The molecular formula is C31H21. The van der Waals surface area contributed by atoms with Gasteiger partial charge in [-0.05, 0) is 62.7 Å². The molecular weight excluding hydrogens is 372 g/mol. The van der Waals surface area contributed by atoms with Gasteiger partial charge in [-0.3, -0.25) is 0 Å². The topological polar surface area (TPSA) is 0 Å². The fourth-order valence-electron chi connectivity index (χ4n) is 5.19. The van der Waals surface area contributed by atoms with E-state index in [0.717, 1.165) is 0 Å². The molecule has 1 aliphatic carbocycles. The third kappa shape index (κ3) is 2.62. The van der Waals surface area contributed by atoms with Crippen molar-refractivity contribution in [2.24, 2.45) is 0 Å². The molecule has 0 nitrogen and oxygen atoms in total. The second-order valence-corrected chi connectivity index (χ2v) is 8.08. The highest BCUT2D eigenvalue weighted by atomic mass is 14.5. The van der Waals surface area contributed by atoms with Crippen LogP contribution in [0.1, 0.15) is 22.3 Å². The van der Waals surface area contributed by atoms with E-state index in [0.29, 0.717) is 0 Å². The molecule has 0 heteroatoms. The maximum Gasteiger partial charge on any atom is 0.0713 e. The largest absolute Gasteiger partial charge is 0.0713 e. The molecule has 1 aliphatic rings. The van der Waals surface area contributed by atoms with Gasteiger partial charge in [0, 0.05) is 0 Å². The van der Waals surface area contributed by atoms with Crippen LogP contribution in [0.2, 0.25) is 0 Å². The van der Waals surface area contributed by atoms with Gasteiger partial charge in [0.05, 0.1) is 5.41 Å². The Morgan fingerprint density at radius 2 is 1.06 bits per heavy atom. The van der Waals surface area contributed by atoms with Crippen molar-refractivity contribution in [3.63, 3.8) is 0 Å². The Morgan fingerprint density at radius 3 is 1.71 bits per heavy atom. The van der Waals surface area contributed by atoms with Crippen LogP contribution in [0.15, 0.2) is 127 Å². The molecule has 1 radical (unpaired) electrons. The number of hydrogen-bond acceptors (Lipinski definition) is 0. The number of fused-ring (bicyclic) bond motifs is 3. The zero-order valence-electron chi connectivity index (χ0n) is 17.1. The first-order chi connectivity index (χ1) is 15.4. The third-order valence-electron chi connectivity index (χ3n) is 6.50. The van der Waals surface area contributed by atoms with Crippen molar-refractivity contribution in [1.82, 2.24) is 0 Å². The van der Waals surface area contributed by atoms with Gasteiger partial charge in [0.1, 0.15) is 0 Å². The average Bonchev–Trinajstić information content (AvgIpc) is 3.16. The van der Waals surface area contributed by atoms with Crippen molar-refractivity contribution in [2.75, 3.05) is 0 Å². The molecule has 0 spiro atoms. The van der Waals surface area contributed by atoms with E-state index < -0.39 is 0 Å². The number of hydrogen-bond donors (Lipinski definition) is 0. The van der Waals surface area contributed by atoms with E-state index in [4.69, 9.17) is 0 Å². The molecule has 0 aromatic heterocycles. The van der Waals surface area contributed by atoms with E-state index in [1.54, 1.807) is 0 Å². The lowest BCUT2D eigenvalue weighted by Gasteiger charge is -2.34. The minimum atomic E-state index is -0.365. The molecule has 5 aromatic carbocycles. The van der Waals surface area contributed by atoms with Crippen LogP contribution in [0.25, 0.3) is 22.3 Å². The fourth-order valence-corrected chi connectivity index (χ4v) is 5.19. The van der Waals surface area contributed by atoms with Crippen LogP contribution in [0, 0.1) is 6.07 Å². The highest BCUT2D eigenvalue weighted by Crippen LogP contribution is 2.56. The molecule has 0 heterocycles. The van der Waals surface area contributed by atoms with Crippen LogP contribution in [0.4, 0.5) is 0 Å². The summed E-state index contributed by atoms with van der Waals surface area (Å²) in [6.07, 6.45) is 0. The molecule has 0 amide bonds. The monoisotopic (exact) mass is 393 g/mol. The number of benzene rings is 5. The van der Waals surface area contributed by atoms with Crippen LogP contribution in [-0.2, 0) is 5.41 Å². The van der Waals surface area contributed by atoms with Gasteiger partial charge >= 0.3 is 0 Å². The SMILES string of the molecule is [c]1ccc2c(c1)C(c1ccccc1)(c1ccccc1)c1cc(-c3ccccc3)ccc1-2. The Morgan fingerprint density at radius 1 is 0.484 bits per heavy atom. The van der Waals surface area contributed by atoms with E-state index in [9.17, 15) is 0 Å². The number of rotatable bonds is 3. The van der Waals surface area contributed by atoms with Gasteiger partial charge < -0.3 is 0 Å². The minimum absolute atomic E-state index is 0.365. The first kappa shape index (κ1) is 17.9. The van der Waals surface area contributed by atoms with Crippen LogP contribution in [-0.4, -0.2) is 0 Å². The van der Waals surface area contributed by atoms with E-state index in [1.165, 1.54) is 44.5 Å². The maximum atomic E-state index is 3.37. The van der Waals surface area contributed by atoms with Gasteiger partial charge in [0.15, 0.2) is 0 Å². The van der Waals surface area contributed by atoms with Crippen LogP contribution >= 0.6 is 0 Å². The normalized spacial score (nSPS) is 13.4. The molecule has 31 heavy (non-hydrogen) atoms. The second kappa shape index (κ2) is 7.11. The standard InChI is InChI=1S/C31H21/c1-4-12-23(13-5-1)24-20-21-28-27-18-10-11-19-29(27)31(30(28)22-24,25-14-6-2-7-15-25)26-16-8-3-9-17-26/h1-10,12-22H. The van der Waals surface area contributed by atoms with Gasteiger partial charge in [-0.2, -0.15) is 0 Å². The molecule has 0 aliphatic heterocycles. The Hall–Kier alpha value is -3.90. The smallest absolute Gasteiger partial charge is 0.0622 e. The van der Waals surface area contributed by atoms with Crippen LogP contribution in [0.3, 0.4) is 0 Å². The van der Waals surface area contributed by atoms with E-state index >= 15 is 0 Å². The molecule has 0 unspecified atom stereocenters. The molecule has 0 N–H and O–H groups in total. The Kier molecular flexibility index (Phi) is 4.11. The van der Waals surface area contributed by atoms with E-state index in [-0.39, 0.29) is 5.41 Å². The summed E-state index contributed by atoms with van der Waals surface area (Å²) in [7, 11) is 0. The Labute approximate surface area is 183 Å². The van der Waals surface area contributed by atoms with Gasteiger partial charge in [-0.25, -0.2) is 0 Å². The molecule has 145 valence electrons. The summed E-state index contributed by atoms with van der Waals surface area (Å²) in [5, 5.41) is 0. The molecule has 0 fully saturated rings. The fraction of sp³-hybridized carbons (Fsp3) is 0.0323. The van der Waals surface area contributed by atoms with Gasteiger partial charge in [-0.1, -0.05) is 115 Å². The average molecular weight is 394 g/mol. The maximum absolute atomic E-state index is 3.37. The Bertz CT molecular complexity index is 1310. The predicted molar refractivity (Wildman–Crippen MR) is 128 cm³/mol. The van der Waals surface area contributed by atoms with Crippen molar-refractivity contribution in [3.8, 4) is 22.3 Å². The molecule has 0 bridgehead atoms. The predicted octanol–water partition coefficient (Wildman–Crippen LogP) is 7.52. The first-order valence-corrected chi connectivity index (χ1v) is 10.7. The lowest BCUT2D eigenvalue weighted by molar-refractivity contribution is 0.768. The quantitative estimate of drug-likeness (QED) is 0.292. The summed E-state index contributed by atoms with van der Waals surface area (Å²) in [6.45, 7) is 0.